The molecule has 1 fully saturated rings. The number of aromatic nitrogens is 2. The number of hydrogen-bond donors (Lipinski definition) is 2. The van der Waals surface area contributed by atoms with Crippen LogP contribution in [0, 0.1) is 5.41 Å². The molecule has 0 aliphatic carbocycles. The maximum atomic E-state index is 12.5. The number of rotatable bonds is 6. The Morgan fingerprint density at radius 2 is 1.82 bits per heavy atom. The Morgan fingerprint density at radius 1 is 1.11 bits per heavy atom. The van der Waals surface area contributed by atoms with E-state index < -0.39 is 0 Å². The molecule has 1 aliphatic rings. The first kappa shape index (κ1) is 18.7. The normalized spacial score (nSPS) is 16.2. The molecular formula is C23H28N4O. The van der Waals surface area contributed by atoms with Gasteiger partial charge in [0.05, 0.1) is 11.0 Å². The zero-order chi connectivity index (χ0) is 19.4. The molecule has 2 N–H and O–H groups in total. The molecule has 3 aromatic rings. The number of carbonyl (C=O) groups excluding carboxylic acids is 1. The minimum atomic E-state index is 0.103. The first-order valence-corrected chi connectivity index (χ1v) is 10.1. The summed E-state index contributed by atoms with van der Waals surface area (Å²) < 4.78 is 2.16. The molecule has 0 bridgehead atoms. The van der Waals surface area contributed by atoms with Crippen LogP contribution in [0.5, 0.6) is 0 Å². The van der Waals surface area contributed by atoms with Crippen molar-refractivity contribution in [1.82, 2.24) is 20.2 Å². The number of amides is 1. The van der Waals surface area contributed by atoms with Crippen LogP contribution in [0.4, 0.5) is 0 Å². The fourth-order valence-corrected chi connectivity index (χ4v) is 3.94. The summed E-state index contributed by atoms with van der Waals surface area (Å²) in [6.07, 6.45) is 3.28. The highest BCUT2D eigenvalue weighted by molar-refractivity contribution is 5.79. The molecule has 146 valence electrons. The van der Waals surface area contributed by atoms with Crippen LogP contribution in [0.2, 0.25) is 0 Å². The summed E-state index contributed by atoms with van der Waals surface area (Å²) in [6, 6.07) is 18.4. The Bertz CT molecular complexity index is 942. The summed E-state index contributed by atoms with van der Waals surface area (Å²) in [4.78, 5) is 17.3. The Morgan fingerprint density at radius 3 is 2.61 bits per heavy atom. The smallest absolute Gasteiger partial charge is 0.220 e. The lowest BCUT2D eigenvalue weighted by atomic mass is 9.81. The summed E-state index contributed by atoms with van der Waals surface area (Å²) in [6.45, 7) is 5.09. The predicted molar refractivity (Wildman–Crippen MR) is 113 cm³/mol. The van der Waals surface area contributed by atoms with Crippen LogP contribution >= 0.6 is 0 Å². The standard InChI is InChI=1S/C23H28N4O/c1-23(13-15-24-16-14-23)17-25-22(28)12-11-21-26-19-9-5-6-10-20(19)27(21)18-7-3-2-4-8-18/h2-10,24H,11-17H2,1H3,(H,25,28). The highest BCUT2D eigenvalue weighted by Crippen LogP contribution is 2.27. The summed E-state index contributed by atoms with van der Waals surface area (Å²) in [5.41, 5.74) is 3.32. The highest BCUT2D eigenvalue weighted by Gasteiger charge is 2.27. The van der Waals surface area contributed by atoms with Crippen LogP contribution in [0.1, 0.15) is 32.0 Å². The van der Waals surface area contributed by atoms with Crippen LogP contribution in [0.15, 0.2) is 54.6 Å². The maximum Gasteiger partial charge on any atom is 0.220 e. The van der Waals surface area contributed by atoms with E-state index in [1.54, 1.807) is 0 Å². The first-order chi connectivity index (χ1) is 13.6. The van der Waals surface area contributed by atoms with Crippen LogP contribution in [-0.2, 0) is 11.2 Å². The van der Waals surface area contributed by atoms with Gasteiger partial charge in [0, 0.05) is 25.1 Å². The Kier molecular flexibility index (Phi) is 5.44. The second-order valence-corrected chi connectivity index (χ2v) is 8.03. The minimum Gasteiger partial charge on any atom is -0.356 e. The monoisotopic (exact) mass is 376 g/mol. The Hall–Kier alpha value is -2.66. The first-order valence-electron chi connectivity index (χ1n) is 10.1. The highest BCUT2D eigenvalue weighted by atomic mass is 16.1. The fourth-order valence-electron chi connectivity index (χ4n) is 3.94. The van der Waals surface area contributed by atoms with Gasteiger partial charge in [-0.2, -0.15) is 0 Å². The molecule has 2 aromatic carbocycles. The summed E-state index contributed by atoms with van der Waals surface area (Å²) in [5, 5.41) is 6.54. The average molecular weight is 377 g/mol. The average Bonchev–Trinajstić information content (AvgIpc) is 3.10. The third-order valence-electron chi connectivity index (χ3n) is 5.74. The van der Waals surface area contributed by atoms with E-state index in [2.05, 4.69) is 40.3 Å². The van der Waals surface area contributed by atoms with Crippen molar-refractivity contribution in [2.45, 2.75) is 32.6 Å². The van der Waals surface area contributed by atoms with Crippen molar-refractivity contribution in [2.24, 2.45) is 5.41 Å². The molecule has 2 heterocycles. The van der Waals surface area contributed by atoms with E-state index in [0.29, 0.717) is 12.8 Å². The van der Waals surface area contributed by atoms with E-state index in [1.165, 1.54) is 0 Å². The van der Waals surface area contributed by atoms with Gasteiger partial charge in [-0.3, -0.25) is 9.36 Å². The van der Waals surface area contributed by atoms with Crippen molar-refractivity contribution in [3.63, 3.8) is 0 Å². The number of nitrogens with one attached hydrogen (secondary N) is 2. The number of nitrogens with zero attached hydrogens (tertiary/aromatic N) is 2. The van der Waals surface area contributed by atoms with Crippen molar-refractivity contribution < 1.29 is 4.79 Å². The Labute approximate surface area is 166 Å². The molecule has 1 aliphatic heterocycles. The molecule has 1 saturated heterocycles. The number of imidazole rings is 1. The molecule has 1 aromatic heterocycles. The zero-order valence-electron chi connectivity index (χ0n) is 16.4. The van der Waals surface area contributed by atoms with E-state index in [4.69, 9.17) is 4.98 Å². The van der Waals surface area contributed by atoms with Gasteiger partial charge in [0.2, 0.25) is 5.91 Å². The second-order valence-electron chi connectivity index (χ2n) is 8.03. The molecule has 1 amide bonds. The van der Waals surface area contributed by atoms with Gasteiger partial charge >= 0.3 is 0 Å². The van der Waals surface area contributed by atoms with Gasteiger partial charge in [0.25, 0.3) is 0 Å². The SMILES string of the molecule is CC1(CNC(=O)CCc2nc3ccccc3n2-c2ccccc2)CCNCC1. The predicted octanol–water partition coefficient (Wildman–Crippen LogP) is 3.46. The van der Waals surface area contributed by atoms with Gasteiger partial charge in [0.1, 0.15) is 5.82 Å². The zero-order valence-corrected chi connectivity index (χ0v) is 16.4. The van der Waals surface area contributed by atoms with E-state index in [1.807, 2.05) is 36.4 Å². The van der Waals surface area contributed by atoms with E-state index in [0.717, 1.165) is 55.0 Å². The van der Waals surface area contributed by atoms with Crippen molar-refractivity contribution >= 4 is 16.9 Å². The molecule has 0 spiro atoms. The largest absolute Gasteiger partial charge is 0.356 e. The number of para-hydroxylation sites is 3. The van der Waals surface area contributed by atoms with Crippen molar-refractivity contribution in [3.05, 3.63) is 60.4 Å². The van der Waals surface area contributed by atoms with Crippen LogP contribution in [0.25, 0.3) is 16.7 Å². The molecule has 0 atom stereocenters. The quantitative estimate of drug-likeness (QED) is 0.693. The molecule has 0 radical (unpaired) electrons. The third kappa shape index (κ3) is 4.09. The molecule has 0 unspecified atom stereocenters. The second kappa shape index (κ2) is 8.15. The molecule has 0 saturated carbocycles. The van der Waals surface area contributed by atoms with E-state index >= 15 is 0 Å². The maximum absolute atomic E-state index is 12.5. The van der Waals surface area contributed by atoms with E-state index in [-0.39, 0.29) is 11.3 Å². The fraction of sp³-hybridized carbons (Fsp3) is 0.391. The number of aryl methyl sites for hydroxylation is 1. The number of piperidine rings is 1. The van der Waals surface area contributed by atoms with Crippen molar-refractivity contribution in [2.75, 3.05) is 19.6 Å². The van der Waals surface area contributed by atoms with Gasteiger partial charge in [-0.1, -0.05) is 37.3 Å². The molecular weight excluding hydrogens is 348 g/mol. The van der Waals surface area contributed by atoms with Gasteiger partial charge in [-0.25, -0.2) is 4.98 Å². The number of carbonyl (C=O) groups is 1. The summed E-state index contributed by atoms with van der Waals surface area (Å²) in [5.74, 6) is 1.03. The summed E-state index contributed by atoms with van der Waals surface area (Å²) >= 11 is 0. The third-order valence-corrected chi connectivity index (χ3v) is 5.74. The lowest BCUT2D eigenvalue weighted by Crippen LogP contribution is -2.42. The van der Waals surface area contributed by atoms with E-state index in [9.17, 15) is 4.79 Å². The number of benzene rings is 2. The summed E-state index contributed by atoms with van der Waals surface area (Å²) in [7, 11) is 0. The van der Waals surface area contributed by atoms with Gasteiger partial charge < -0.3 is 10.6 Å². The molecule has 5 heteroatoms. The Balaban J connectivity index is 1.47. The number of hydrogen-bond acceptors (Lipinski definition) is 3. The van der Waals surface area contributed by atoms with Gasteiger partial charge in [-0.15, -0.1) is 0 Å². The topological polar surface area (TPSA) is 59.0 Å². The van der Waals surface area contributed by atoms with Crippen LogP contribution < -0.4 is 10.6 Å². The number of fused-ring (bicyclic) bond motifs is 1. The molecule has 5 nitrogen and oxygen atoms in total. The lowest BCUT2D eigenvalue weighted by molar-refractivity contribution is -0.121. The van der Waals surface area contributed by atoms with Crippen molar-refractivity contribution in [1.29, 1.82) is 0 Å². The van der Waals surface area contributed by atoms with Crippen molar-refractivity contribution in [3.8, 4) is 5.69 Å². The molecule has 4 rings (SSSR count). The molecule has 28 heavy (non-hydrogen) atoms. The van der Waals surface area contributed by atoms with Gasteiger partial charge in [-0.05, 0) is 55.6 Å². The van der Waals surface area contributed by atoms with Crippen LogP contribution in [-0.4, -0.2) is 35.1 Å². The lowest BCUT2D eigenvalue weighted by Gasteiger charge is -2.34. The van der Waals surface area contributed by atoms with Crippen LogP contribution in [0.3, 0.4) is 0 Å². The van der Waals surface area contributed by atoms with Gasteiger partial charge in [0.15, 0.2) is 0 Å². The minimum absolute atomic E-state index is 0.103.